The van der Waals surface area contributed by atoms with Gasteiger partial charge in [-0.1, -0.05) is 12.2 Å². The Bertz CT molecular complexity index is 503. The van der Waals surface area contributed by atoms with E-state index in [-0.39, 0.29) is 18.1 Å². The number of ether oxygens (including phenoxy) is 1. The molecule has 3 rings (SSSR count). The Morgan fingerprint density at radius 3 is 2.86 bits per heavy atom. The number of carbonyl (C=O) groups is 2. The molecule has 0 bridgehead atoms. The van der Waals surface area contributed by atoms with E-state index < -0.39 is 29.0 Å². The van der Waals surface area contributed by atoms with Gasteiger partial charge in [-0.15, -0.1) is 11.6 Å². The summed E-state index contributed by atoms with van der Waals surface area (Å²) in [6.45, 7) is 1.78. The van der Waals surface area contributed by atoms with Gasteiger partial charge >= 0.3 is 5.97 Å². The SMILES string of the molecule is C[C@@]12OC(=O)[C@]1([C@@H](O)[C@@H]1C=CCCC1)CC(=O)[C@@H]2CCCl. The zero-order chi connectivity index (χ0) is 15.3. The first-order valence-corrected chi connectivity index (χ1v) is 8.17. The zero-order valence-electron chi connectivity index (χ0n) is 12.2. The van der Waals surface area contributed by atoms with Crippen molar-refractivity contribution >= 4 is 23.4 Å². The van der Waals surface area contributed by atoms with Crippen LogP contribution < -0.4 is 0 Å². The minimum Gasteiger partial charge on any atom is -0.457 e. The summed E-state index contributed by atoms with van der Waals surface area (Å²) in [6.07, 6.45) is 6.58. The molecule has 5 atom stereocenters. The second kappa shape index (κ2) is 5.10. The first-order chi connectivity index (χ1) is 9.97. The molecule has 0 unspecified atom stereocenters. The summed E-state index contributed by atoms with van der Waals surface area (Å²) in [7, 11) is 0. The summed E-state index contributed by atoms with van der Waals surface area (Å²) in [4.78, 5) is 24.6. The molecule has 1 N–H and O–H groups in total. The molecule has 0 amide bonds. The number of halogens is 1. The van der Waals surface area contributed by atoms with Gasteiger partial charge in [-0.05, 0) is 32.6 Å². The Morgan fingerprint density at radius 1 is 1.52 bits per heavy atom. The number of rotatable bonds is 4. The molecule has 0 aromatic carbocycles. The first-order valence-electron chi connectivity index (χ1n) is 7.64. The molecule has 2 fully saturated rings. The van der Waals surface area contributed by atoms with E-state index >= 15 is 0 Å². The Labute approximate surface area is 129 Å². The molecule has 5 heteroatoms. The molecular formula is C16H21ClO4. The van der Waals surface area contributed by atoms with Crippen molar-refractivity contribution in [2.24, 2.45) is 17.3 Å². The van der Waals surface area contributed by atoms with Gasteiger partial charge in [0, 0.05) is 18.2 Å². The third-order valence-corrected chi connectivity index (χ3v) is 5.88. The fourth-order valence-corrected chi connectivity index (χ4v) is 4.62. The summed E-state index contributed by atoms with van der Waals surface area (Å²) in [6, 6.07) is 0. The van der Waals surface area contributed by atoms with Crippen LogP contribution in [0, 0.1) is 17.3 Å². The number of fused-ring (bicyclic) bond motifs is 1. The van der Waals surface area contributed by atoms with E-state index in [1.165, 1.54) is 0 Å². The smallest absolute Gasteiger partial charge is 0.319 e. The quantitative estimate of drug-likeness (QED) is 0.491. The van der Waals surface area contributed by atoms with Crippen molar-refractivity contribution < 1.29 is 19.4 Å². The van der Waals surface area contributed by atoms with Crippen LogP contribution in [0.2, 0.25) is 0 Å². The minimum atomic E-state index is -1.08. The predicted octanol–water partition coefficient (Wildman–Crippen LogP) is 2.22. The number of aliphatic hydroxyl groups excluding tert-OH is 1. The topological polar surface area (TPSA) is 63.6 Å². The molecular weight excluding hydrogens is 292 g/mol. The van der Waals surface area contributed by atoms with Crippen molar-refractivity contribution in [3.8, 4) is 0 Å². The molecule has 0 radical (unpaired) electrons. The minimum absolute atomic E-state index is 0.0113. The van der Waals surface area contributed by atoms with Crippen LogP contribution in [0.25, 0.3) is 0 Å². The number of alkyl halides is 1. The highest BCUT2D eigenvalue weighted by Crippen LogP contribution is 2.62. The summed E-state index contributed by atoms with van der Waals surface area (Å²) < 4.78 is 5.40. The molecule has 0 aromatic heterocycles. The first kappa shape index (κ1) is 15.0. The molecule has 4 nitrogen and oxygen atoms in total. The van der Waals surface area contributed by atoms with E-state index in [4.69, 9.17) is 16.3 Å². The van der Waals surface area contributed by atoms with E-state index in [0.29, 0.717) is 12.3 Å². The Morgan fingerprint density at radius 2 is 2.29 bits per heavy atom. The summed E-state index contributed by atoms with van der Waals surface area (Å²) in [5, 5.41) is 10.9. The van der Waals surface area contributed by atoms with Crippen LogP contribution in [0.5, 0.6) is 0 Å². The molecule has 0 aromatic rings. The van der Waals surface area contributed by atoms with E-state index in [9.17, 15) is 14.7 Å². The Hall–Kier alpha value is -0.870. The fourth-order valence-electron chi connectivity index (χ4n) is 4.40. The van der Waals surface area contributed by atoms with Crippen LogP contribution >= 0.6 is 11.6 Å². The molecule has 1 heterocycles. The van der Waals surface area contributed by atoms with Gasteiger partial charge in [-0.2, -0.15) is 0 Å². The lowest BCUT2D eigenvalue weighted by Gasteiger charge is -2.55. The number of carbonyl (C=O) groups excluding carboxylic acids is 2. The standard InChI is InChI=1S/C16H21ClO4/c1-15-11(7-8-17)12(18)9-16(15,14(20)21-15)13(19)10-5-3-2-4-6-10/h3,5,10-11,13,19H,2,4,6-9H2,1H3/t10-,11+,13+,15+,16-/m1/s1. The summed E-state index contributed by atoms with van der Waals surface area (Å²) in [5.41, 5.74) is -1.98. The number of hydrogen-bond acceptors (Lipinski definition) is 4. The predicted molar refractivity (Wildman–Crippen MR) is 77.9 cm³/mol. The van der Waals surface area contributed by atoms with Gasteiger partial charge in [0.05, 0.1) is 12.0 Å². The summed E-state index contributed by atoms with van der Waals surface area (Å²) >= 11 is 5.79. The lowest BCUT2D eigenvalue weighted by atomic mass is 9.60. The van der Waals surface area contributed by atoms with Gasteiger partial charge < -0.3 is 9.84 Å². The lowest BCUT2D eigenvalue weighted by Crippen LogP contribution is -2.70. The maximum absolute atomic E-state index is 12.3. The number of Topliss-reactive ketones (excluding diaryl/α,β-unsaturated/α-hetero) is 1. The molecule has 116 valence electrons. The monoisotopic (exact) mass is 312 g/mol. The van der Waals surface area contributed by atoms with E-state index in [1.807, 2.05) is 12.2 Å². The van der Waals surface area contributed by atoms with E-state index in [0.717, 1.165) is 19.3 Å². The lowest BCUT2D eigenvalue weighted by molar-refractivity contribution is -0.262. The number of esters is 1. The van der Waals surface area contributed by atoms with Crippen LogP contribution in [0.15, 0.2) is 12.2 Å². The number of aliphatic hydroxyl groups is 1. The largest absolute Gasteiger partial charge is 0.457 e. The van der Waals surface area contributed by atoms with Gasteiger partial charge in [0.25, 0.3) is 0 Å². The van der Waals surface area contributed by atoms with Crippen molar-refractivity contribution in [1.29, 1.82) is 0 Å². The third-order valence-electron chi connectivity index (χ3n) is 5.66. The maximum Gasteiger partial charge on any atom is 0.319 e. The number of ketones is 1. The highest BCUT2D eigenvalue weighted by molar-refractivity contribution is 6.18. The molecule has 21 heavy (non-hydrogen) atoms. The second-order valence-corrected chi connectivity index (χ2v) is 6.99. The molecule has 3 aliphatic rings. The molecule has 1 saturated carbocycles. The number of allylic oxidation sites excluding steroid dienone is 1. The van der Waals surface area contributed by atoms with Gasteiger partial charge in [-0.25, -0.2) is 0 Å². The Balaban J connectivity index is 1.94. The van der Waals surface area contributed by atoms with Crippen LogP contribution in [0.1, 0.15) is 39.0 Å². The van der Waals surface area contributed by atoms with E-state index in [1.54, 1.807) is 6.92 Å². The highest BCUT2D eigenvalue weighted by Gasteiger charge is 2.78. The summed E-state index contributed by atoms with van der Waals surface area (Å²) in [5.74, 6) is -0.563. The molecule has 0 spiro atoms. The average Bonchev–Trinajstić information content (AvgIpc) is 2.65. The van der Waals surface area contributed by atoms with Crippen molar-refractivity contribution in [3.05, 3.63) is 12.2 Å². The third kappa shape index (κ3) is 1.85. The normalized spacial score (nSPS) is 43.2. The van der Waals surface area contributed by atoms with Crippen molar-refractivity contribution in [3.63, 3.8) is 0 Å². The average molecular weight is 313 g/mol. The van der Waals surface area contributed by atoms with Crippen LogP contribution in [0.3, 0.4) is 0 Å². The van der Waals surface area contributed by atoms with Crippen LogP contribution in [0.4, 0.5) is 0 Å². The molecule has 1 saturated heterocycles. The van der Waals surface area contributed by atoms with Crippen LogP contribution in [-0.2, 0) is 14.3 Å². The number of hydrogen-bond donors (Lipinski definition) is 1. The van der Waals surface area contributed by atoms with Crippen molar-refractivity contribution in [1.82, 2.24) is 0 Å². The van der Waals surface area contributed by atoms with Gasteiger partial charge in [-0.3, -0.25) is 9.59 Å². The highest BCUT2D eigenvalue weighted by atomic mass is 35.5. The van der Waals surface area contributed by atoms with Gasteiger partial charge in [0.2, 0.25) is 0 Å². The second-order valence-electron chi connectivity index (χ2n) is 6.61. The van der Waals surface area contributed by atoms with Crippen molar-refractivity contribution in [2.45, 2.75) is 50.7 Å². The van der Waals surface area contributed by atoms with Crippen molar-refractivity contribution in [2.75, 3.05) is 5.88 Å². The maximum atomic E-state index is 12.3. The Kier molecular flexibility index (Phi) is 3.65. The van der Waals surface area contributed by atoms with Gasteiger partial charge in [0.15, 0.2) is 0 Å². The molecule has 2 aliphatic carbocycles. The fraction of sp³-hybridized carbons (Fsp3) is 0.750. The van der Waals surface area contributed by atoms with Gasteiger partial charge in [0.1, 0.15) is 16.8 Å². The molecule has 1 aliphatic heterocycles. The van der Waals surface area contributed by atoms with E-state index in [2.05, 4.69) is 0 Å². The zero-order valence-corrected chi connectivity index (χ0v) is 12.9. The van der Waals surface area contributed by atoms with Crippen LogP contribution in [-0.4, -0.2) is 34.4 Å².